The Hall–Kier alpha value is -2.21. The van der Waals surface area contributed by atoms with Crippen LogP contribution in [0, 0.1) is 11.7 Å². The van der Waals surface area contributed by atoms with Crippen molar-refractivity contribution in [1.29, 1.82) is 0 Å². The van der Waals surface area contributed by atoms with Crippen molar-refractivity contribution in [2.45, 2.75) is 13.3 Å². The second-order valence-electron chi connectivity index (χ2n) is 5.08. The van der Waals surface area contributed by atoms with E-state index in [-0.39, 0.29) is 24.1 Å². The number of thiophene rings is 1. The Morgan fingerprint density at radius 2 is 1.91 bits per heavy atom. The van der Waals surface area contributed by atoms with Gasteiger partial charge in [0.05, 0.1) is 4.88 Å². The number of aliphatic carboxylic acids is 1. The van der Waals surface area contributed by atoms with Gasteiger partial charge in [0.15, 0.2) is 0 Å². The summed E-state index contributed by atoms with van der Waals surface area (Å²) in [6.07, 6.45) is 0.0194. The number of amides is 1. The fourth-order valence-corrected chi connectivity index (χ4v) is 2.88. The van der Waals surface area contributed by atoms with Crippen molar-refractivity contribution in [2.75, 3.05) is 6.54 Å². The molecule has 0 radical (unpaired) electrons. The van der Waals surface area contributed by atoms with Crippen molar-refractivity contribution in [3.8, 4) is 10.4 Å². The molecule has 0 aliphatic heterocycles. The van der Waals surface area contributed by atoms with Crippen LogP contribution in [0.25, 0.3) is 10.4 Å². The van der Waals surface area contributed by atoms with Crippen LogP contribution in [0.15, 0.2) is 36.4 Å². The van der Waals surface area contributed by atoms with Gasteiger partial charge >= 0.3 is 5.97 Å². The molecule has 1 atom stereocenters. The number of rotatable bonds is 6. The second-order valence-corrected chi connectivity index (χ2v) is 6.17. The molecule has 0 bridgehead atoms. The Morgan fingerprint density at radius 3 is 2.55 bits per heavy atom. The van der Waals surface area contributed by atoms with Crippen molar-refractivity contribution in [3.63, 3.8) is 0 Å². The fourth-order valence-electron chi connectivity index (χ4n) is 1.95. The summed E-state index contributed by atoms with van der Waals surface area (Å²) in [5.41, 5.74) is 0.852. The molecular weight excluding hydrogens is 305 g/mol. The van der Waals surface area contributed by atoms with Crippen molar-refractivity contribution in [3.05, 3.63) is 47.1 Å². The molecule has 0 saturated carbocycles. The van der Waals surface area contributed by atoms with E-state index in [1.807, 2.05) is 6.07 Å². The van der Waals surface area contributed by atoms with Gasteiger partial charge in [0.1, 0.15) is 5.82 Å². The number of carbonyl (C=O) groups is 2. The summed E-state index contributed by atoms with van der Waals surface area (Å²) in [6, 6.07) is 9.61. The first kappa shape index (κ1) is 16.2. The van der Waals surface area contributed by atoms with Gasteiger partial charge in [-0.3, -0.25) is 9.59 Å². The van der Waals surface area contributed by atoms with Crippen LogP contribution in [0.2, 0.25) is 0 Å². The van der Waals surface area contributed by atoms with Gasteiger partial charge in [-0.25, -0.2) is 4.39 Å². The average molecular weight is 321 g/mol. The lowest BCUT2D eigenvalue weighted by Crippen LogP contribution is -2.28. The lowest BCUT2D eigenvalue weighted by Gasteiger charge is -2.09. The van der Waals surface area contributed by atoms with Crippen molar-refractivity contribution in [1.82, 2.24) is 5.32 Å². The number of carboxylic acid groups (broad SMARTS) is 1. The highest BCUT2D eigenvalue weighted by Gasteiger charge is 2.13. The van der Waals surface area contributed by atoms with Crippen LogP contribution in [0.5, 0.6) is 0 Å². The van der Waals surface area contributed by atoms with E-state index in [2.05, 4.69) is 5.32 Å². The normalized spacial score (nSPS) is 11.9. The number of carboxylic acids is 1. The van der Waals surface area contributed by atoms with Gasteiger partial charge in [-0.05, 0) is 35.7 Å². The quantitative estimate of drug-likeness (QED) is 0.857. The van der Waals surface area contributed by atoms with E-state index >= 15 is 0 Å². The minimum Gasteiger partial charge on any atom is -0.481 e. The lowest BCUT2D eigenvalue weighted by atomic mass is 10.1. The third-order valence-electron chi connectivity index (χ3n) is 3.09. The van der Waals surface area contributed by atoms with E-state index in [0.29, 0.717) is 11.4 Å². The van der Waals surface area contributed by atoms with Crippen molar-refractivity contribution < 1.29 is 19.1 Å². The summed E-state index contributed by atoms with van der Waals surface area (Å²) in [4.78, 5) is 24.0. The predicted molar refractivity (Wildman–Crippen MR) is 83.5 cm³/mol. The molecular formula is C16H16FNO3S. The summed E-state index contributed by atoms with van der Waals surface area (Å²) in [5, 5.41) is 11.4. The maximum atomic E-state index is 12.9. The molecule has 6 heteroatoms. The van der Waals surface area contributed by atoms with Gasteiger partial charge in [-0.1, -0.05) is 19.1 Å². The van der Waals surface area contributed by atoms with Gasteiger partial charge in [0, 0.05) is 17.8 Å². The van der Waals surface area contributed by atoms with E-state index in [4.69, 9.17) is 5.11 Å². The van der Waals surface area contributed by atoms with Crippen LogP contribution in [0.1, 0.15) is 23.0 Å². The molecule has 22 heavy (non-hydrogen) atoms. The maximum Gasteiger partial charge on any atom is 0.303 e. The summed E-state index contributed by atoms with van der Waals surface area (Å²) >= 11 is 1.31. The molecule has 116 valence electrons. The molecule has 0 fully saturated rings. The fraction of sp³-hybridized carbons (Fsp3) is 0.250. The SMILES string of the molecule is CC(CNC(=O)c1ccc(-c2ccc(F)cc2)s1)CC(=O)O. The predicted octanol–water partition coefficient (Wildman–Crippen LogP) is 3.39. The standard InChI is InChI=1S/C16H16FNO3S/c1-10(8-15(19)20)9-18-16(21)14-7-6-13(22-14)11-2-4-12(17)5-3-11/h2-7,10H,8-9H2,1H3,(H,18,21)(H,19,20). The van der Waals surface area contributed by atoms with Crippen LogP contribution >= 0.6 is 11.3 Å². The van der Waals surface area contributed by atoms with E-state index in [1.165, 1.54) is 23.5 Å². The van der Waals surface area contributed by atoms with Gasteiger partial charge in [-0.15, -0.1) is 11.3 Å². The zero-order valence-corrected chi connectivity index (χ0v) is 12.8. The van der Waals surface area contributed by atoms with Crippen LogP contribution in [-0.2, 0) is 4.79 Å². The molecule has 1 amide bonds. The zero-order chi connectivity index (χ0) is 16.1. The Balaban J connectivity index is 1.97. The topological polar surface area (TPSA) is 66.4 Å². The van der Waals surface area contributed by atoms with Gasteiger partial charge < -0.3 is 10.4 Å². The van der Waals surface area contributed by atoms with Crippen LogP contribution in [-0.4, -0.2) is 23.5 Å². The molecule has 1 aromatic carbocycles. The monoisotopic (exact) mass is 321 g/mol. The Labute approximate surface area is 131 Å². The van der Waals surface area contributed by atoms with Gasteiger partial charge in [0.2, 0.25) is 0 Å². The van der Waals surface area contributed by atoms with Gasteiger partial charge in [0.25, 0.3) is 5.91 Å². The third-order valence-corrected chi connectivity index (χ3v) is 4.23. The molecule has 2 rings (SSSR count). The molecule has 1 aromatic heterocycles. The minimum absolute atomic E-state index is 0.0194. The second kappa shape index (κ2) is 7.17. The van der Waals surface area contributed by atoms with Crippen molar-refractivity contribution in [2.24, 2.45) is 5.92 Å². The molecule has 1 unspecified atom stereocenters. The zero-order valence-electron chi connectivity index (χ0n) is 12.0. The molecule has 4 nitrogen and oxygen atoms in total. The first-order chi connectivity index (χ1) is 10.5. The Morgan fingerprint density at radius 1 is 1.23 bits per heavy atom. The first-order valence-corrected chi connectivity index (χ1v) is 7.63. The molecule has 2 aromatic rings. The van der Waals surface area contributed by atoms with Crippen LogP contribution in [0.4, 0.5) is 4.39 Å². The Kier molecular flexibility index (Phi) is 5.27. The number of halogens is 1. The highest BCUT2D eigenvalue weighted by molar-refractivity contribution is 7.17. The summed E-state index contributed by atoms with van der Waals surface area (Å²) in [7, 11) is 0. The number of hydrogen-bond donors (Lipinski definition) is 2. The maximum absolute atomic E-state index is 12.9. The van der Waals surface area contributed by atoms with Crippen molar-refractivity contribution >= 4 is 23.2 Å². The highest BCUT2D eigenvalue weighted by Crippen LogP contribution is 2.28. The Bertz CT molecular complexity index is 666. The summed E-state index contributed by atoms with van der Waals surface area (Å²) in [6.45, 7) is 2.09. The first-order valence-electron chi connectivity index (χ1n) is 6.81. The largest absolute Gasteiger partial charge is 0.481 e. The van der Waals surface area contributed by atoms with E-state index in [9.17, 15) is 14.0 Å². The number of benzene rings is 1. The molecule has 1 heterocycles. The third kappa shape index (κ3) is 4.39. The number of hydrogen-bond acceptors (Lipinski definition) is 3. The highest BCUT2D eigenvalue weighted by atomic mass is 32.1. The lowest BCUT2D eigenvalue weighted by molar-refractivity contribution is -0.137. The molecule has 0 saturated heterocycles. The molecule has 0 aliphatic carbocycles. The average Bonchev–Trinajstić information content (AvgIpc) is 2.94. The van der Waals surface area contributed by atoms with Crippen LogP contribution < -0.4 is 5.32 Å². The molecule has 0 spiro atoms. The number of carbonyl (C=O) groups excluding carboxylic acids is 1. The van der Waals surface area contributed by atoms with E-state index < -0.39 is 5.97 Å². The molecule has 0 aliphatic rings. The minimum atomic E-state index is -0.878. The van der Waals surface area contributed by atoms with Gasteiger partial charge in [-0.2, -0.15) is 0 Å². The number of nitrogens with one attached hydrogen (secondary N) is 1. The smallest absolute Gasteiger partial charge is 0.303 e. The molecule has 2 N–H and O–H groups in total. The summed E-state index contributed by atoms with van der Waals surface area (Å²) in [5.74, 6) is -1.53. The van der Waals surface area contributed by atoms with Crippen LogP contribution in [0.3, 0.4) is 0 Å². The summed E-state index contributed by atoms with van der Waals surface area (Å²) < 4.78 is 12.9. The van der Waals surface area contributed by atoms with E-state index in [1.54, 1.807) is 25.1 Å². The van der Waals surface area contributed by atoms with E-state index in [0.717, 1.165) is 10.4 Å².